The van der Waals surface area contributed by atoms with Gasteiger partial charge in [-0.1, -0.05) is 25.1 Å². The molecule has 23 heavy (non-hydrogen) atoms. The molecule has 0 aliphatic carbocycles. The van der Waals surface area contributed by atoms with Gasteiger partial charge in [0, 0.05) is 26.2 Å². The van der Waals surface area contributed by atoms with E-state index in [-0.39, 0.29) is 0 Å². The highest BCUT2D eigenvalue weighted by molar-refractivity contribution is 7.89. The van der Waals surface area contributed by atoms with Gasteiger partial charge in [-0.25, -0.2) is 8.42 Å². The SMILES string of the molecule is CC1CCCN(Cc2ccccc2S(=O)(=O)N2CCOCC2)C1. The van der Waals surface area contributed by atoms with Crippen molar-refractivity contribution >= 4 is 10.0 Å². The standard InChI is InChI=1S/C17H26N2O3S/c1-15-5-4-8-18(13-15)14-16-6-2-3-7-17(16)23(20,21)19-9-11-22-12-10-19/h2-3,6-7,15H,4-5,8-14H2,1H3. The molecule has 1 aromatic carbocycles. The Hall–Kier alpha value is -0.950. The van der Waals surface area contributed by atoms with E-state index in [1.807, 2.05) is 18.2 Å². The fourth-order valence-electron chi connectivity index (χ4n) is 3.48. The summed E-state index contributed by atoms with van der Waals surface area (Å²) in [7, 11) is -3.43. The van der Waals surface area contributed by atoms with Crippen molar-refractivity contribution in [1.29, 1.82) is 0 Å². The first-order valence-corrected chi connectivity index (χ1v) is 9.89. The summed E-state index contributed by atoms with van der Waals surface area (Å²) in [6.07, 6.45) is 2.46. The number of nitrogens with zero attached hydrogens (tertiary/aromatic N) is 2. The number of hydrogen-bond donors (Lipinski definition) is 0. The molecule has 1 unspecified atom stereocenters. The van der Waals surface area contributed by atoms with E-state index in [4.69, 9.17) is 4.74 Å². The summed E-state index contributed by atoms with van der Waals surface area (Å²) in [4.78, 5) is 2.84. The molecular weight excluding hydrogens is 312 g/mol. The lowest BCUT2D eigenvalue weighted by Crippen LogP contribution is -2.41. The number of sulfonamides is 1. The molecule has 128 valence electrons. The summed E-state index contributed by atoms with van der Waals surface area (Å²) in [6.45, 7) is 6.92. The Labute approximate surface area is 139 Å². The lowest BCUT2D eigenvalue weighted by atomic mass is 10.00. The zero-order valence-corrected chi connectivity index (χ0v) is 14.6. The lowest BCUT2D eigenvalue weighted by molar-refractivity contribution is 0.0730. The van der Waals surface area contributed by atoms with E-state index >= 15 is 0 Å². The first kappa shape index (κ1) is 16.9. The molecule has 5 nitrogen and oxygen atoms in total. The van der Waals surface area contributed by atoms with Gasteiger partial charge in [0.1, 0.15) is 0 Å². The van der Waals surface area contributed by atoms with Crippen molar-refractivity contribution in [3.8, 4) is 0 Å². The Morgan fingerprint density at radius 2 is 1.91 bits per heavy atom. The number of rotatable bonds is 4. The van der Waals surface area contributed by atoms with Crippen LogP contribution < -0.4 is 0 Å². The van der Waals surface area contributed by atoms with Crippen molar-refractivity contribution in [3.05, 3.63) is 29.8 Å². The predicted octanol–water partition coefficient (Wildman–Crippen LogP) is 1.94. The van der Waals surface area contributed by atoms with E-state index in [0.29, 0.717) is 43.7 Å². The van der Waals surface area contributed by atoms with Gasteiger partial charge in [-0.05, 0) is 36.9 Å². The largest absolute Gasteiger partial charge is 0.379 e. The molecule has 3 rings (SSSR count). The Morgan fingerprint density at radius 1 is 1.17 bits per heavy atom. The second-order valence-electron chi connectivity index (χ2n) is 6.61. The molecule has 0 N–H and O–H groups in total. The van der Waals surface area contributed by atoms with Crippen LogP contribution in [0, 0.1) is 5.92 Å². The molecule has 2 saturated heterocycles. The number of likely N-dealkylation sites (tertiary alicyclic amines) is 1. The lowest BCUT2D eigenvalue weighted by Gasteiger charge is -2.32. The van der Waals surface area contributed by atoms with Crippen molar-refractivity contribution < 1.29 is 13.2 Å². The Balaban J connectivity index is 1.82. The molecule has 0 radical (unpaired) electrons. The summed E-state index contributed by atoms with van der Waals surface area (Å²) in [5.41, 5.74) is 0.910. The minimum atomic E-state index is -3.43. The van der Waals surface area contributed by atoms with Crippen molar-refractivity contribution in [2.24, 2.45) is 5.92 Å². The topological polar surface area (TPSA) is 49.9 Å². The van der Waals surface area contributed by atoms with E-state index in [9.17, 15) is 8.42 Å². The fraction of sp³-hybridized carbons (Fsp3) is 0.647. The van der Waals surface area contributed by atoms with Crippen molar-refractivity contribution in [1.82, 2.24) is 9.21 Å². The van der Waals surface area contributed by atoms with E-state index in [2.05, 4.69) is 11.8 Å². The van der Waals surface area contributed by atoms with Crippen LogP contribution in [0.25, 0.3) is 0 Å². The Kier molecular flexibility index (Phi) is 5.36. The average Bonchev–Trinajstić information content (AvgIpc) is 2.56. The van der Waals surface area contributed by atoms with Crippen LogP contribution in [-0.2, 0) is 21.3 Å². The summed E-state index contributed by atoms with van der Waals surface area (Å²) in [5.74, 6) is 0.687. The molecular formula is C17H26N2O3S. The van der Waals surface area contributed by atoms with Crippen molar-refractivity contribution in [2.45, 2.75) is 31.2 Å². The second kappa shape index (κ2) is 7.30. The van der Waals surface area contributed by atoms with Crippen LogP contribution >= 0.6 is 0 Å². The number of morpholine rings is 1. The van der Waals surface area contributed by atoms with Gasteiger partial charge in [-0.15, -0.1) is 0 Å². The van der Waals surface area contributed by atoms with Gasteiger partial charge >= 0.3 is 0 Å². The van der Waals surface area contributed by atoms with E-state index in [1.54, 1.807) is 10.4 Å². The van der Waals surface area contributed by atoms with Gasteiger partial charge in [0.05, 0.1) is 18.1 Å². The molecule has 2 aliphatic heterocycles. The quantitative estimate of drug-likeness (QED) is 0.842. The monoisotopic (exact) mass is 338 g/mol. The zero-order valence-electron chi connectivity index (χ0n) is 13.8. The van der Waals surface area contributed by atoms with Crippen molar-refractivity contribution in [2.75, 3.05) is 39.4 Å². The first-order chi connectivity index (χ1) is 11.1. The van der Waals surface area contributed by atoms with Gasteiger partial charge in [-0.2, -0.15) is 4.31 Å². The van der Waals surface area contributed by atoms with E-state index < -0.39 is 10.0 Å². The summed E-state index contributed by atoms with van der Waals surface area (Å²) in [5, 5.41) is 0. The normalized spacial score (nSPS) is 24.7. The highest BCUT2D eigenvalue weighted by Crippen LogP contribution is 2.24. The third-order valence-electron chi connectivity index (χ3n) is 4.70. The van der Waals surface area contributed by atoms with Crippen LogP contribution in [0.2, 0.25) is 0 Å². The van der Waals surface area contributed by atoms with Crippen LogP contribution in [0.15, 0.2) is 29.2 Å². The van der Waals surface area contributed by atoms with Crippen LogP contribution in [-0.4, -0.2) is 57.0 Å². The number of hydrogen-bond acceptors (Lipinski definition) is 4. The molecule has 2 aliphatic rings. The van der Waals surface area contributed by atoms with Gasteiger partial charge in [0.15, 0.2) is 0 Å². The Morgan fingerprint density at radius 3 is 2.65 bits per heavy atom. The first-order valence-electron chi connectivity index (χ1n) is 8.45. The zero-order chi connectivity index (χ0) is 16.3. The van der Waals surface area contributed by atoms with Crippen LogP contribution in [0.1, 0.15) is 25.3 Å². The fourth-order valence-corrected chi connectivity index (χ4v) is 5.11. The molecule has 1 atom stereocenters. The van der Waals surface area contributed by atoms with Crippen LogP contribution in [0.3, 0.4) is 0 Å². The molecule has 0 bridgehead atoms. The molecule has 0 spiro atoms. The third kappa shape index (κ3) is 3.94. The van der Waals surface area contributed by atoms with Crippen LogP contribution in [0.4, 0.5) is 0 Å². The second-order valence-corrected chi connectivity index (χ2v) is 8.51. The van der Waals surface area contributed by atoms with Crippen LogP contribution in [0.5, 0.6) is 0 Å². The maximum atomic E-state index is 13.0. The molecule has 0 aromatic heterocycles. The predicted molar refractivity (Wildman–Crippen MR) is 89.7 cm³/mol. The molecule has 0 amide bonds. The van der Waals surface area contributed by atoms with Gasteiger partial charge in [0.2, 0.25) is 10.0 Å². The summed E-state index contributed by atoms with van der Waals surface area (Å²) < 4.78 is 32.8. The smallest absolute Gasteiger partial charge is 0.243 e. The maximum absolute atomic E-state index is 13.0. The number of ether oxygens (including phenoxy) is 1. The average molecular weight is 338 g/mol. The minimum Gasteiger partial charge on any atom is -0.379 e. The number of piperidine rings is 1. The van der Waals surface area contributed by atoms with E-state index in [0.717, 1.165) is 18.7 Å². The summed E-state index contributed by atoms with van der Waals surface area (Å²) in [6, 6.07) is 7.44. The molecule has 2 heterocycles. The van der Waals surface area contributed by atoms with Gasteiger partial charge < -0.3 is 4.74 Å². The third-order valence-corrected chi connectivity index (χ3v) is 6.69. The van der Waals surface area contributed by atoms with E-state index in [1.165, 1.54) is 12.8 Å². The summed E-state index contributed by atoms with van der Waals surface area (Å²) >= 11 is 0. The molecule has 0 saturated carbocycles. The highest BCUT2D eigenvalue weighted by atomic mass is 32.2. The molecule has 2 fully saturated rings. The maximum Gasteiger partial charge on any atom is 0.243 e. The van der Waals surface area contributed by atoms with Gasteiger partial charge in [0.25, 0.3) is 0 Å². The van der Waals surface area contributed by atoms with Gasteiger partial charge in [-0.3, -0.25) is 4.90 Å². The molecule has 6 heteroatoms. The Bertz CT molecular complexity index is 626. The highest BCUT2D eigenvalue weighted by Gasteiger charge is 2.29. The molecule has 1 aromatic rings. The van der Waals surface area contributed by atoms with Crippen molar-refractivity contribution in [3.63, 3.8) is 0 Å². The minimum absolute atomic E-state index is 0.442. The number of benzene rings is 1.